The maximum atomic E-state index is 11.9. The molecule has 0 bridgehead atoms. The summed E-state index contributed by atoms with van der Waals surface area (Å²) in [6.45, 7) is 3.37. The second-order valence-electron chi connectivity index (χ2n) is 4.23. The molecular weight excluding hydrogens is 244 g/mol. The molecule has 100 valence electrons. The molecule has 1 amide bonds. The first-order valence-corrected chi connectivity index (χ1v) is 7.49. The Morgan fingerprint density at radius 3 is 2.50 bits per heavy atom. The lowest BCUT2D eigenvalue weighted by Crippen LogP contribution is -2.35. The molecule has 0 heterocycles. The Morgan fingerprint density at radius 2 is 2.00 bits per heavy atom. The quantitative estimate of drug-likeness (QED) is 0.744. The van der Waals surface area contributed by atoms with E-state index in [4.69, 9.17) is 0 Å². The van der Waals surface area contributed by atoms with Crippen LogP contribution in [0.3, 0.4) is 0 Å². The largest absolute Gasteiger partial charge is 0.352 e. The Morgan fingerprint density at radius 1 is 1.33 bits per heavy atom. The zero-order valence-corrected chi connectivity index (χ0v) is 12.1. The molecule has 18 heavy (non-hydrogen) atoms. The highest BCUT2D eigenvalue weighted by atomic mass is 32.2. The minimum Gasteiger partial charge on any atom is -0.352 e. The lowest BCUT2D eigenvalue weighted by atomic mass is 10.1. The maximum Gasteiger partial charge on any atom is 0.224 e. The van der Waals surface area contributed by atoms with Gasteiger partial charge in [0.25, 0.3) is 0 Å². The fourth-order valence-corrected chi connectivity index (χ4v) is 2.15. The Bertz CT molecular complexity index is 365. The third-order valence-electron chi connectivity index (χ3n) is 2.94. The van der Waals surface area contributed by atoms with E-state index < -0.39 is 0 Å². The van der Waals surface area contributed by atoms with Crippen molar-refractivity contribution in [2.24, 2.45) is 5.92 Å². The molecule has 0 aliphatic rings. The summed E-state index contributed by atoms with van der Waals surface area (Å²) >= 11 is 1.72. The average Bonchev–Trinajstić information content (AvgIpc) is 2.42. The van der Waals surface area contributed by atoms with Crippen molar-refractivity contribution in [2.75, 3.05) is 19.8 Å². The minimum atomic E-state index is 0.0560. The van der Waals surface area contributed by atoms with Crippen LogP contribution in [-0.2, 0) is 11.3 Å². The number of carbonyl (C=O) groups excluding carboxylic acids is 1. The summed E-state index contributed by atoms with van der Waals surface area (Å²) in [4.78, 5) is 13.1. The maximum absolute atomic E-state index is 11.9. The van der Waals surface area contributed by atoms with Gasteiger partial charge >= 0.3 is 0 Å². The first-order valence-electron chi connectivity index (χ1n) is 6.26. The lowest BCUT2D eigenvalue weighted by Gasteiger charge is -2.14. The Hall–Kier alpha value is -1.00. The van der Waals surface area contributed by atoms with E-state index in [1.165, 1.54) is 4.90 Å². The normalized spacial score (nSPS) is 12.2. The fraction of sp³-hybridized carbons (Fsp3) is 0.500. The Labute approximate surface area is 114 Å². The van der Waals surface area contributed by atoms with Crippen molar-refractivity contribution in [1.82, 2.24) is 10.6 Å². The molecule has 0 radical (unpaired) electrons. The van der Waals surface area contributed by atoms with Gasteiger partial charge in [-0.1, -0.05) is 19.1 Å². The van der Waals surface area contributed by atoms with E-state index in [1.54, 1.807) is 11.8 Å². The highest BCUT2D eigenvalue weighted by molar-refractivity contribution is 7.98. The first-order chi connectivity index (χ1) is 8.71. The van der Waals surface area contributed by atoms with Crippen molar-refractivity contribution in [1.29, 1.82) is 0 Å². The predicted molar refractivity (Wildman–Crippen MR) is 77.8 cm³/mol. The third-order valence-corrected chi connectivity index (χ3v) is 3.68. The van der Waals surface area contributed by atoms with Gasteiger partial charge in [-0.15, -0.1) is 11.8 Å². The summed E-state index contributed by atoms with van der Waals surface area (Å²) in [5.74, 6) is 0.182. The molecule has 4 heteroatoms. The molecule has 0 fully saturated rings. The van der Waals surface area contributed by atoms with Crippen LogP contribution in [0.25, 0.3) is 0 Å². The number of rotatable bonds is 7. The van der Waals surface area contributed by atoms with E-state index in [9.17, 15) is 4.79 Å². The topological polar surface area (TPSA) is 41.1 Å². The van der Waals surface area contributed by atoms with Crippen LogP contribution in [0, 0.1) is 5.92 Å². The number of hydrogen-bond donors (Lipinski definition) is 2. The van der Waals surface area contributed by atoms with Gasteiger partial charge in [0, 0.05) is 18.0 Å². The molecule has 0 aliphatic carbocycles. The molecule has 3 nitrogen and oxygen atoms in total. The molecule has 1 rings (SSSR count). The van der Waals surface area contributed by atoms with Crippen molar-refractivity contribution in [3.8, 4) is 0 Å². The summed E-state index contributed by atoms with van der Waals surface area (Å²) in [6, 6.07) is 8.28. The van der Waals surface area contributed by atoms with Crippen LogP contribution in [0.5, 0.6) is 0 Å². The van der Waals surface area contributed by atoms with Gasteiger partial charge in [0.1, 0.15) is 0 Å². The summed E-state index contributed by atoms with van der Waals surface area (Å²) < 4.78 is 0. The molecule has 0 saturated heterocycles. The van der Waals surface area contributed by atoms with Crippen molar-refractivity contribution >= 4 is 17.7 Å². The van der Waals surface area contributed by atoms with E-state index in [0.29, 0.717) is 6.54 Å². The fourth-order valence-electron chi connectivity index (χ4n) is 1.75. The Balaban J connectivity index is 2.45. The standard InChI is InChI=1S/C14H22N2OS/c1-4-12(10-15-2)14(17)16-9-11-5-7-13(18-3)8-6-11/h5-8,12,15H,4,9-10H2,1-3H3,(H,16,17). The van der Waals surface area contributed by atoms with Crippen LogP contribution >= 0.6 is 11.8 Å². The molecular formula is C14H22N2OS. The number of benzene rings is 1. The smallest absolute Gasteiger partial charge is 0.224 e. The number of hydrogen-bond acceptors (Lipinski definition) is 3. The van der Waals surface area contributed by atoms with Crippen LogP contribution in [0.2, 0.25) is 0 Å². The zero-order chi connectivity index (χ0) is 13.4. The van der Waals surface area contributed by atoms with Crippen LogP contribution in [0.4, 0.5) is 0 Å². The van der Waals surface area contributed by atoms with E-state index >= 15 is 0 Å². The summed E-state index contributed by atoms with van der Waals surface area (Å²) in [5.41, 5.74) is 1.14. The van der Waals surface area contributed by atoms with Gasteiger partial charge in [0.15, 0.2) is 0 Å². The number of nitrogens with one attached hydrogen (secondary N) is 2. The second kappa shape index (κ2) is 8.16. The van der Waals surface area contributed by atoms with Gasteiger partial charge in [0.05, 0.1) is 5.92 Å². The van der Waals surface area contributed by atoms with Crippen molar-refractivity contribution < 1.29 is 4.79 Å². The summed E-state index contributed by atoms with van der Waals surface area (Å²) in [6.07, 6.45) is 2.92. The molecule has 1 unspecified atom stereocenters. The molecule has 0 aliphatic heterocycles. The van der Waals surface area contributed by atoms with E-state index in [-0.39, 0.29) is 11.8 Å². The molecule has 0 spiro atoms. The van der Waals surface area contributed by atoms with Crippen molar-refractivity contribution in [3.63, 3.8) is 0 Å². The van der Waals surface area contributed by atoms with Crippen LogP contribution in [0.15, 0.2) is 29.2 Å². The second-order valence-corrected chi connectivity index (χ2v) is 5.11. The van der Waals surface area contributed by atoms with Gasteiger partial charge in [-0.3, -0.25) is 4.79 Å². The monoisotopic (exact) mass is 266 g/mol. The van der Waals surface area contributed by atoms with Gasteiger partial charge in [-0.25, -0.2) is 0 Å². The summed E-state index contributed by atoms with van der Waals surface area (Å²) in [7, 11) is 1.87. The van der Waals surface area contributed by atoms with E-state index in [0.717, 1.165) is 18.5 Å². The van der Waals surface area contributed by atoms with Gasteiger partial charge < -0.3 is 10.6 Å². The number of carbonyl (C=O) groups is 1. The molecule has 1 aromatic carbocycles. The van der Waals surface area contributed by atoms with Crippen molar-refractivity contribution in [3.05, 3.63) is 29.8 Å². The van der Waals surface area contributed by atoms with Crippen LogP contribution < -0.4 is 10.6 Å². The SMILES string of the molecule is CCC(CNC)C(=O)NCc1ccc(SC)cc1. The van der Waals surface area contributed by atoms with Gasteiger partial charge in [-0.2, -0.15) is 0 Å². The van der Waals surface area contributed by atoms with Gasteiger partial charge in [0.2, 0.25) is 5.91 Å². The van der Waals surface area contributed by atoms with Crippen molar-refractivity contribution in [2.45, 2.75) is 24.8 Å². The molecule has 2 N–H and O–H groups in total. The predicted octanol–water partition coefficient (Wildman–Crippen LogP) is 2.27. The Kier molecular flexibility index (Phi) is 6.83. The van der Waals surface area contributed by atoms with Crippen LogP contribution in [-0.4, -0.2) is 25.8 Å². The first kappa shape index (κ1) is 15.1. The van der Waals surface area contributed by atoms with E-state index in [2.05, 4.69) is 41.2 Å². The zero-order valence-electron chi connectivity index (χ0n) is 11.3. The number of thioether (sulfide) groups is 1. The minimum absolute atomic E-state index is 0.0560. The molecule has 0 aromatic heterocycles. The highest BCUT2D eigenvalue weighted by Crippen LogP contribution is 2.14. The van der Waals surface area contributed by atoms with Crippen LogP contribution in [0.1, 0.15) is 18.9 Å². The highest BCUT2D eigenvalue weighted by Gasteiger charge is 2.14. The summed E-state index contributed by atoms with van der Waals surface area (Å²) in [5, 5.41) is 6.04. The lowest BCUT2D eigenvalue weighted by molar-refractivity contribution is -0.125. The van der Waals surface area contributed by atoms with E-state index in [1.807, 2.05) is 14.0 Å². The molecule has 1 atom stereocenters. The molecule has 1 aromatic rings. The number of amides is 1. The molecule has 0 saturated carbocycles. The van der Waals surface area contributed by atoms with Gasteiger partial charge in [-0.05, 0) is 37.4 Å². The third kappa shape index (κ3) is 4.70. The average molecular weight is 266 g/mol.